The predicted octanol–water partition coefficient (Wildman–Crippen LogP) is -0.907. The van der Waals surface area contributed by atoms with Gasteiger partial charge in [0.2, 0.25) is 0 Å². The van der Waals surface area contributed by atoms with Crippen molar-refractivity contribution in [2.24, 2.45) is 0 Å². The lowest BCUT2D eigenvalue weighted by Gasteiger charge is -2.07. The Morgan fingerprint density at radius 2 is 2.17 bits per heavy atom. The summed E-state index contributed by atoms with van der Waals surface area (Å²) in [7, 11) is 0. The van der Waals surface area contributed by atoms with Gasteiger partial charge in [0.15, 0.2) is 0 Å². The monoisotopic (exact) mass is 177 g/mol. The lowest BCUT2D eigenvalue weighted by molar-refractivity contribution is -0.147. The van der Waals surface area contributed by atoms with Crippen LogP contribution in [0.4, 0.5) is 0 Å². The van der Waals surface area contributed by atoms with Gasteiger partial charge in [0.05, 0.1) is 13.2 Å². The summed E-state index contributed by atoms with van der Waals surface area (Å²) in [5.41, 5.74) is 0. The first-order valence-electron chi connectivity index (χ1n) is 3.73. The quantitative estimate of drug-likeness (QED) is 0.514. The lowest BCUT2D eigenvalue weighted by Crippen LogP contribution is -2.21. The molecule has 1 atom stereocenters. The van der Waals surface area contributed by atoms with Gasteiger partial charge < -0.3 is 14.9 Å². The van der Waals surface area contributed by atoms with Gasteiger partial charge in [-0.15, -0.1) is 0 Å². The molecule has 0 aliphatic carbocycles. The van der Waals surface area contributed by atoms with Crippen LogP contribution in [0.3, 0.4) is 0 Å². The molecule has 0 bridgehead atoms. The molecule has 0 aromatic carbocycles. The van der Waals surface area contributed by atoms with Gasteiger partial charge in [0.25, 0.3) is 0 Å². The van der Waals surface area contributed by atoms with E-state index in [0.717, 1.165) is 0 Å². The van der Waals surface area contributed by atoms with Gasteiger partial charge in [-0.25, -0.2) is 5.11 Å². The molecule has 0 saturated carbocycles. The molecule has 0 rings (SSSR count). The smallest absolute Gasteiger partial charge is 0.305 e. The number of carbonyl (C=O) groups excluding carboxylic acids is 1. The Morgan fingerprint density at radius 1 is 1.50 bits per heavy atom. The summed E-state index contributed by atoms with van der Waals surface area (Å²) in [4.78, 5) is 10.7. The van der Waals surface area contributed by atoms with Crippen LogP contribution in [0.2, 0.25) is 0 Å². The summed E-state index contributed by atoms with van der Waals surface area (Å²) < 4.78 is 4.51. The van der Waals surface area contributed by atoms with Crippen LogP contribution in [0.25, 0.3) is 0 Å². The van der Waals surface area contributed by atoms with Crippen molar-refractivity contribution in [2.75, 3.05) is 19.8 Å². The molecule has 0 spiro atoms. The van der Waals surface area contributed by atoms with E-state index in [0.29, 0.717) is 0 Å². The first-order valence-corrected chi connectivity index (χ1v) is 3.73. The molecular formula is C7H13O5. The fraction of sp³-hybridized carbons (Fsp3) is 0.857. The average Bonchev–Trinajstić information content (AvgIpc) is 2.10. The number of hydrogen-bond donors (Lipinski definition) is 2. The fourth-order valence-electron chi connectivity index (χ4n) is 0.531. The van der Waals surface area contributed by atoms with Crippen molar-refractivity contribution in [1.29, 1.82) is 0 Å². The third-order valence-corrected chi connectivity index (χ3v) is 1.17. The minimum atomic E-state index is -1.03. The predicted molar refractivity (Wildman–Crippen MR) is 38.8 cm³/mol. The van der Waals surface area contributed by atoms with Gasteiger partial charge >= 0.3 is 5.97 Å². The first-order chi connectivity index (χ1) is 5.70. The molecule has 0 aromatic heterocycles. The van der Waals surface area contributed by atoms with Gasteiger partial charge in [-0.05, 0) is 6.42 Å². The number of ether oxygens (including phenoxy) is 1. The minimum Gasteiger partial charge on any atom is -0.463 e. The Bertz CT molecular complexity index is 125. The van der Waals surface area contributed by atoms with Crippen LogP contribution in [-0.4, -0.2) is 42.1 Å². The fourth-order valence-corrected chi connectivity index (χ4v) is 0.531. The molecule has 0 saturated heterocycles. The Kier molecular flexibility index (Phi) is 6.64. The van der Waals surface area contributed by atoms with Gasteiger partial charge in [-0.1, -0.05) is 0 Å². The molecule has 12 heavy (non-hydrogen) atoms. The van der Waals surface area contributed by atoms with E-state index in [1.165, 1.54) is 0 Å². The second kappa shape index (κ2) is 7.02. The Labute approximate surface area is 70.6 Å². The maximum Gasteiger partial charge on any atom is 0.305 e. The highest BCUT2D eigenvalue weighted by atomic mass is 16.5. The highest BCUT2D eigenvalue weighted by Gasteiger charge is 2.06. The molecule has 1 radical (unpaired) electrons. The number of esters is 1. The summed E-state index contributed by atoms with van der Waals surface area (Å²) in [5, 5.41) is 27.0. The van der Waals surface area contributed by atoms with Crippen LogP contribution in [0, 0.1) is 0 Å². The minimum absolute atomic E-state index is 0.0711. The van der Waals surface area contributed by atoms with E-state index in [9.17, 15) is 9.90 Å². The molecule has 5 heteroatoms. The molecule has 0 aliphatic heterocycles. The standard InChI is InChI=1S/C7H13O5/c8-3-1-2-7(11)12-5-6(10)4-9/h6,9-10H,1-5H2. The Hall–Kier alpha value is -0.650. The number of rotatable bonds is 6. The van der Waals surface area contributed by atoms with Crippen LogP contribution < -0.4 is 0 Å². The average molecular weight is 177 g/mol. The van der Waals surface area contributed by atoms with E-state index in [1.54, 1.807) is 0 Å². The molecule has 2 N–H and O–H groups in total. The number of carbonyl (C=O) groups is 1. The van der Waals surface area contributed by atoms with Crippen molar-refractivity contribution in [1.82, 2.24) is 0 Å². The van der Waals surface area contributed by atoms with E-state index >= 15 is 0 Å². The zero-order valence-corrected chi connectivity index (χ0v) is 6.73. The molecule has 71 valence electrons. The second-order valence-electron chi connectivity index (χ2n) is 2.33. The number of aliphatic hydroxyl groups is 2. The second-order valence-corrected chi connectivity index (χ2v) is 2.33. The lowest BCUT2D eigenvalue weighted by atomic mass is 10.3. The zero-order chi connectivity index (χ0) is 9.40. The molecule has 0 aliphatic rings. The van der Waals surface area contributed by atoms with Gasteiger partial charge in [0, 0.05) is 6.42 Å². The van der Waals surface area contributed by atoms with Crippen LogP contribution >= 0.6 is 0 Å². The van der Waals surface area contributed by atoms with Crippen molar-refractivity contribution in [3.63, 3.8) is 0 Å². The van der Waals surface area contributed by atoms with Crippen molar-refractivity contribution >= 4 is 5.97 Å². The van der Waals surface area contributed by atoms with E-state index < -0.39 is 18.7 Å². The molecule has 5 nitrogen and oxygen atoms in total. The Morgan fingerprint density at radius 3 is 2.67 bits per heavy atom. The zero-order valence-electron chi connectivity index (χ0n) is 6.73. The van der Waals surface area contributed by atoms with Crippen molar-refractivity contribution in [2.45, 2.75) is 18.9 Å². The number of hydrogen-bond acceptors (Lipinski definition) is 4. The molecule has 0 amide bonds. The van der Waals surface area contributed by atoms with Crippen LogP contribution in [0.15, 0.2) is 0 Å². The summed E-state index contributed by atoms with van der Waals surface area (Å²) in [6.07, 6.45) is -0.711. The van der Waals surface area contributed by atoms with Gasteiger partial charge in [-0.2, -0.15) is 0 Å². The highest BCUT2D eigenvalue weighted by Crippen LogP contribution is 1.93. The van der Waals surface area contributed by atoms with E-state index in [-0.39, 0.29) is 26.1 Å². The third kappa shape index (κ3) is 6.09. The van der Waals surface area contributed by atoms with E-state index in [4.69, 9.17) is 10.2 Å². The number of aliphatic hydroxyl groups excluding tert-OH is 2. The van der Waals surface area contributed by atoms with E-state index in [1.807, 2.05) is 0 Å². The third-order valence-electron chi connectivity index (χ3n) is 1.17. The molecule has 0 fully saturated rings. The summed E-state index contributed by atoms with van der Waals surface area (Å²) in [5.74, 6) is -0.515. The largest absolute Gasteiger partial charge is 0.463 e. The molecule has 0 aromatic rings. The summed E-state index contributed by atoms with van der Waals surface area (Å²) >= 11 is 0. The highest BCUT2D eigenvalue weighted by molar-refractivity contribution is 5.69. The molecular weight excluding hydrogens is 164 g/mol. The van der Waals surface area contributed by atoms with Crippen LogP contribution in [-0.2, 0) is 14.6 Å². The molecule has 0 heterocycles. The Balaban J connectivity index is 3.31. The topological polar surface area (TPSA) is 86.7 Å². The van der Waals surface area contributed by atoms with Crippen LogP contribution in [0.5, 0.6) is 0 Å². The van der Waals surface area contributed by atoms with Crippen molar-refractivity contribution in [3.05, 3.63) is 0 Å². The SMILES string of the molecule is [O]CCCC(=O)OCC(O)CO. The van der Waals surface area contributed by atoms with Gasteiger partial charge in [-0.3, -0.25) is 4.79 Å². The maximum atomic E-state index is 10.7. The summed E-state index contributed by atoms with van der Waals surface area (Å²) in [6, 6.07) is 0. The van der Waals surface area contributed by atoms with Gasteiger partial charge in [0.1, 0.15) is 12.7 Å². The van der Waals surface area contributed by atoms with Crippen LogP contribution in [0.1, 0.15) is 12.8 Å². The van der Waals surface area contributed by atoms with E-state index in [2.05, 4.69) is 4.74 Å². The normalized spacial score (nSPS) is 12.6. The first kappa shape index (κ1) is 11.4. The van der Waals surface area contributed by atoms with Crippen molar-refractivity contribution in [3.8, 4) is 0 Å². The summed E-state index contributed by atoms with van der Waals surface area (Å²) in [6.45, 7) is -0.958. The molecule has 1 unspecified atom stereocenters. The van der Waals surface area contributed by atoms with Crippen molar-refractivity contribution < 1.29 is 24.9 Å². The maximum absolute atomic E-state index is 10.7.